The molecule has 0 saturated carbocycles. The summed E-state index contributed by atoms with van der Waals surface area (Å²) in [6, 6.07) is 57.0. The van der Waals surface area contributed by atoms with Crippen LogP contribution in [0.15, 0.2) is 157 Å². The summed E-state index contributed by atoms with van der Waals surface area (Å²) < 4.78 is 11.9. The first-order valence-electron chi connectivity index (χ1n) is 17.4. The number of hydrogen-bond acceptors (Lipinski definition) is 3. The molecule has 6 aromatic carbocycles. The van der Waals surface area contributed by atoms with E-state index in [4.69, 9.17) is 9.72 Å². The van der Waals surface area contributed by atoms with E-state index in [-0.39, 0.29) is 21.1 Å². The molecule has 3 heterocycles. The summed E-state index contributed by atoms with van der Waals surface area (Å²) >= 11 is 1.74. The summed E-state index contributed by atoms with van der Waals surface area (Å²) in [5.41, 5.74) is 11.6. The number of rotatable bonds is 8. The zero-order chi connectivity index (χ0) is 35.0. The molecule has 0 fully saturated rings. The molecule has 0 unspecified atom stereocenters. The average molecular weight is 883 g/mol. The van der Waals surface area contributed by atoms with E-state index in [1.165, 1.54) is 15.6 Å². The van der Waals surface area contributed by atoms with Crippen LogP contribution in [0.4, 0.5) is 0 Å². The van der Waals surface area contributed by atoms with Crippen LogP contribution in [0.3, 0.4) is 0 Å². The molecule has 260 valence electrons. The van der Waals surface area contributed by atoms with E-state index < -0.39 is 0 Å². The SMILES string of the molecule is CC(C)c1csc2c(-c3[c-]c(Oc4[c-]c(-n5[c-][n+](-c6c(-c7ccccc7)cccc6-c6ccccc6)c6ccccc65)ccc4)ccc3)nccc12.[Pt]. The van der Waals surface area contributed by atoms with Crippen molar-refractivity contribution in [2.75, 3.05) is 0 Å². The number of para-hydroxylation sites is 3. The zero-order valence-corrected chi connectivity index (χ0v) is 32.2. The van der Waals surface area contributed by atoms with Crippen LogP contribution in [-0.4, -0.2) is 9.55 Å². The predicted molar refractivity (Wildman–Crippen MR) is 211 cm³/mol. The van der Waals surface area contributed by atoms with Gasteiger partial charge in [0.25, 0.3) is 6.33 Å². The van der Waals surface area contributed by atoms with Crippen molar-refractivity contribution in [3.05, 3.63) is 181 Å². The van der Waals surface area contributed by atoms with Crippen molar-refractivity contribution in [1.82, 2.24) is 9.55 Å². The third-order valence-electron chi connectivity index (χ3n) is 9.37. The topological polar surface area (TPSA) is 30.9 Å². The quantitative estimate of drug-likeness (QED) is 0.112. The average Bonchev–Trinajstić information content (AvgIpc) is 3.81. The Morgan fingerprint density at radius 1 is 0.679 bits per heavy atom. The molecule has 0 aliphatic carbocycles. The van der Waals surface area contributed by atoms with Gasteiger partial charge >= 0.3 is 0 Å². The Bertz CT molecular complexity index is 2640. The Kier molecular flexibility index (Phi) is 9.62. The van der Waals surface area contributed by atoms with Crippen LogP contribution in [0.25, 0.3) is 66.0 Å². The maximum atomic E-state index is 6.45. The van der Waals surface area contributed by atoms with Gasteiger partial charge in [-0.1, -0.05) is 123 Å². The monoisotopic (exact) mass is 882 g/mol. The molecule has 0 amide bonds. The van der Waals surface area contributed by atoms with Gasteiger partial charge in [-0.3, -0.25) is 4.57 Å². The van der Waals surface area contributed by atoms with Crippen LogP contribution in [0.2, 0.25) is 0 Å². The molecule has 53 heavy (non-hydrogen) atoms. The van der Waals surface area contributed by atoms with Crippen molar-refractivity contribution >= 4 is 32.5 Å². The largest absolute Gasteiger partial charge is 0.503 e. The summed E-state index contributed by atoms with van der Waals surface area (Å²) in [7, 11) is 0. The van der Waals surface area contributed by atoms with Crippen LogP contribution in [0.5, 0.6) is 11.5 Å². The number of benzene rings is 6. The first-order valence-corrected chi connectivity index (χ1v) is 18.3. The third-order valence-corrected chi connectivity index (χ3v) is 10.4. The van der Waals surface area contributed by atoms with E-state index in [9.17, 15) is 0 Å². The van der Waals surface area contributed by atoms with Gasteiger partial charge < -0.3 is 14.3 Å². The van der Waals surface area contributed by atoms with Crippen LogP contribution in [0.1, 0.15) is 25.3 Å². The van der Waals surface area contributed by atoms with Gasteiger partial charge in [-0.05, 0) is 56.3 Å². The van der Waals surface area contributed by atoms with Gasteiger partial charge in [-0.15, -0.1) is 35.9 Å². The normalized spacial score (nSPS) is 11.2. The first-order chi connectivity index (χ1) is 25.6. The molecule has 0 aliphatic rings. The van der Waals surface area contributed by atoms with Gasteiger partial charge in [0.05, 0.1) is 16.7 Å². The van der Waals surface area contributed by atoms with Gasteiger partial charge in [-0.2, -0.15) is 23.5 Å². The van der Waals surface area contributed by atoms with Crippen molar-refractivity contribution in [3.8, 4) is 56.4 Å². The van der Waals surface area contributed by atoms with Gasteiger partial charge in [0.15, 0.2) is 0 Å². The van der Waals surface area contributed by atoms with Crippen molar-refractivity contribution in [2.45, 2.75) is 19.8 Å². The molecule has 0 N–H and O–H groups in total. The maximum Gasteiger partial charge on any atom is 0.268 e. The Morgan fingerprint density at radius 3 is 2.04 bits per heavy atom. The van der Waals surface area contributed by atoms with Crippen LogP contribution >= 0.6 is 11.3 Å². The minimum Gasteiger partial charge on any atom is -0.503 e. The standard InChI is InChI=1S/C47H33N3OS.Pt/c1-32(2)42-30-52-47-41(42)26-27-48-45(47)35-18-11-20-37(28-35)51-38-21-12-19-36(29-38)49-31-50(44-25-10-9-24-43(44)49)46-39(33-14-5-3-6-15-33)22-13-23-40(46)34-16-7-4-8-17-34;/h3-27,30,32H,1-2H3;/q-2;. The molecular formula is C47H33N3OPtS-2. The number of imidazole rings is 1. The second-order valence-corrected chi connectivity index (χ2v) is 13.9. The van der Waals surface area contributed by atoms with E-state index >= 15 is 0 Å². The molecule has 0 radical (unpaired) electrons. The molecule has 0 atom stereocenters. The number of fused-ring (bicyclic) bond motifs is 2. The van der Waals surface area contributed by atoms with E-state index in [1.54, 1.807) is 11.3 Å². The van der Waals surface area contributed by atoms with Gasteiger partial charge in [0, 0.05) is 49.2 Å². The summed E-state index contributed by atoms with van der Waals surface area (Å²) in [4.78, 5) is 4.76. The van der Waals surface area contributed by atoms with Crippen LogP contribution in [0, 0.1) is 18.5 Å². The minimum atomic E-state index is 0. The fourth-order valence-corrected chi connectivity index (χ4v) is 8.13. The molecule has 9 rings (SSSR count). The fraction of sp³-hybridized carbons (Fsp3) is 0.0638. The smallest absolute Gasteiger partial charge is 0.268 e. The molecule has 9 aromatic rings. The number of pyridine rings is 1. The Labute approximate surface area is 327 Å². The van der Waals surface area contributed by atoms with Crippen LogP contribution in [-0.2, 0) is 21.1 Å². The molecule has 0 saturated heterocycles. The Balaban J connectivity index is 0.00000400. The second-order valence-electron chi connectivity index (χ2n) is 13.0. The number of hydrogen-bond donors (Lipinski definition) is 0. The zero-order valence-electron chi connectivity index (χ0n) is 29.1. The van der Waals surface area contributed by atoms with E-state index in [0.717, 1.165) is 55.9 Å². The molecule has 0 spiro atoms. The number of nitrogens with zero attached hydrogens (tertiary/aromatic N) is 3. The van der Waals surface area contributed by atoms with Crippen molar-refractivity contribution in [3.63, 3.8) is 0 Å². The summed E-state index contributed by atoms with van der Waals surface area (Å²) in [6.45, 7) is 4.46. The fourth-order valence-electron chi connectivity index (χ4n) is 6.90. The van der Waals surface area contributed by atoms with Gasteiger partial charge in [-0.25, -0.2) is 0 Å². The Hall–Kier alpha value is -5.61. The second kappa shape index (κ2) is 14.8. The maximum absolute atomic E-state index is 6.45. The minimum absolute atomic E-state index is 0. The number of thiophene rings is 1. The van der Waals surface area contributed by atoms with Crippen LogP contribution < -0.4 is 9.30 Å². The van der Waals surface area contributed by atoms with Crippen molar-refractivity contribution < 1.29 is 30.4 Å². The molecule has 0 bridgehead atoms. The summed E-state index contributed by atoms with van der Waals surface area (Å²) in [6.07, 6.45) is 5.61. The molecule has 3 aromatic heterocycles. The summed E-state index contributed by atoms with van der Waals surface area (Å²) in [5, 5.41) is 3.50. The number of ether oxygens (including phenoxy) is 1. The molecular weight excluding hydrogens is 850 g/mol. The van der Waals surface area contributed by atoms with E-state index in [0.29, 0.717) is 17.4 Å². The van der Waals surface area contributed by atoms with Gasteiger partial charge in [0.1, 0.15) is 0 Å². The van der Waals surface area contributed by atoms with Crippen molar-refractivity contribution in [2.24, 2.45) is 0 Å². The third kappa shape index (κ3) is 6.52. The Morgan fingerprint density at radius 2 is 1.32 bits per heavy atom. The molecule has 6 heteroatoms. The first kappa shape index (κ1) is 34.5. The number of aromatic nitrogens is 3. The van der Waals surface area contributed by atoms with E-state index in [2.05, 4.69) is 156 Å². The summed E-state index contributed by atoms with van der Waals surface area (Å²) in [5.74, 6) is 1.63. The molecule has 0 aliphatic heterocycles. The molecule has 4 nitrogen and oxygen atoms in total. The van der Waals surface area contributed by atoms with Gasteiger partial charge in [0.2, 0.25) is 0 Å². The van der Waals surface area contributed by atoms with Crippen molar-refractivity contribution in [1.29, 1.82) is 0 Å². The van der Waals surface area contributed by atoms with E-state index in [1.807, 2.05) is 42.6 Å². The predicted octanol–water partition coefficient (Wildman–Crippen LogP) is 11.8.